The zero-order chi connectivity index (χ0) is 37.7. The fourth-order valence-corrected chi connectivity index (χ4v) is 9.61. The van der Waals surface area contributed by atoms with Gasteiger partial charge < -0.3 is 12.4 Å². The van der Waals surface area contributed by atoms with Crippen LogP contribution in [0.25, 0.3) is 0 Å². The third-order valence-corrected chi connectivity index (χ3v) is 13.8. The average molecular weight is 786 g/mol. The first-order valence-corrected chi connectivity index (χ1v) is 28.7. The highest BCUT2D eigenvalue weighted by atomic mass is 35.5. The lowest BCUT2D eigenvalue weighted by Gasteiger charge is -2.10. The van der Waals surface area contributed by atoms with Crippen molar-refractivity contribution in [2.24, 2.45) is 0 Å². The molecule has 0 fully saturated rings. The molecule has 0 saturated carbocycles. The van der Waals surface area contributed by atoms with Crippen LogP contribution in [-0.4, -0.2) is 26.2 Å². The van der Waals surface area contributed by atoms with Gasteiger partial charge in [-0.2, -0.15) is 0 Å². The lowest BCUT2D eigenvalue weighted by Crippen LogP contribution is -3.00. The molecule has 0 spiro atoms. The van der Waals surface area contributed by atoms with E-state index in [1.807, 2.05) is 0 Å². The normalized spacial score (nSPS) is 11.8. The van der Waals surface area contributed by atoms with Gasteiger partial charge >= 0.3 is 0 Å². The first-order chi connectivity index (χ1) is 25.6. The molecule has 0 nitrogen and oxygen atoms in total. The van der Waals surface area contributed by atoms with Crippen molar-refractivity contribution in [2.75, 3.05) is 26.2 Å². The molecule has 0 aromatic carbocycles. The van der Waals surface area contributed by atoms with E-state index in [-0.39, 0.29) is 12.4 Å². The van der Waals surface area contributed by atoms with Gasteiger partial charge in [0.05, 0.1) is 6.16 Å². The first-order valence-electron chi connectivity index (χ1n) is 25.4. The van der Waals surface area contributed by atoms with Gasteiger partial charge in [0.2, 0.25) is 0 Å². The van der Waals surface area contributed by atoms with Crippen molar-refractivity contribution < 1.29 is 12.4 Å². The molecule has 0 heterocycles. The fourth-order valence-electron chi connectivity index (χ4n) is 8.44. The van der Waals surface area contributed by atoms with Crippen LogP contribution >= 0.6 is 7.26 Å². The molecule has 0 atom stereocenters. The molecule has 0 aliphatic rings. The van der Waals surface area contributed by atoms with Crippen LogP contribution < -0.4 is 12.4 Å². The van der Waals surface area contributed by atoms with Gasteiger partial charge in [-0.05, 0) is 12.8 Å². The predicted molar refractivity (Wildman–Crippen MR) is 248 cm³/mol. The van der Waals surface area contributed by atoms with E-state index >= 15 is 0 Å². The van der Waals surface area contributed by atoms with Crippen molar-refractivity contribution >= 4 is 7.26 Å². The van der Waals surface area contributed by atoms with Crippen LogP contribution in [0.3, 0.4) is 0 Å². The van der Waals surface area contributed by atoms with E-state index in [9.17, 15) is 0 Å². The van der Waals surface area contributed by atoms with Crippen LogP contribution in [0.5, 0.6) is 0 Å². The average Bonchev–Trinajstić information content (AvgIpc) is 3.12. The molecule has 0 aromatic heterocycles. The van der Waals surface area contributed by atoms with Crippen molar-refractivity contribution in [2.45, 2.75) is 302 Å². The van der Waals surface area contributed by atoms with Gasteiger partial charge in [-0.3, -0.25) is 0 Å². The molecule has 2 heteroatoms. The summed E-state index contributed by atoms with van der Waals surface area (Å²) in [5.74, 6) is 0. The Morgan fingerprint density at radius 2 is 0.302 bits per heavy atom. The maximum absolute atomic E-state index is 2.49. The van der Waals surface area contributed by atoms with E-state index in [1.165, 1.54) is 302 Å². The topological polar surface area (TPSA) is 0 Å². The predicted octanol–water partition coefficient (Wildman–Crippen LogP) is 16.9. The van der Waals surface area contributed by atoms with Crippen LogP contribution in [0.15, 0.2) is 0 Å². The summed E-state index contributed by atoms with van der Waals surface area (Å²) in [6.07, 6.45) is 70.1. The van der Waals surface area contributed by atoms with Crippen molar-refractivity contribution in [1.82, 2.24) is 0 Å². The smallest absolute Gasteiger partial charge is 0.0586 e. The summed E-state index contributed by atoms with van der Waals surface area (Å²) < 4.78 is 0. The van der Waals surface area contributed by atoms with Gasteiger partial charge in [0, 0.05) is 27.3 Å². The highest BCUT2D eigenvalue weighted by Gasteiger charge is 2.15. The third-order valence-electron chi connectivity index (χ3n) is 12.2. The number of unbranched alkanes of at least 4 members (excludes halogenated alkanes) is 45. The minimum absolute atomic E-state index is 0. The molecular formula is C51H106ClP. The van der Waals surface area contributed by atoms with Crippen molar-refractivity contribution in [3.05, 3.63) is 0 Å². The first kappa shape index (κ1) is 55.8. The zero-order valence-corrected chi connectivity index (χ0v) is 39.7. The Kier molecular flexibility index (Phi) is 51.5. The summed E-state index contributed by atoms with van der Waals surface area (Å²) in [6.45, 7) is 9.77. The molecule has 53 heavy (non-hydrogen) atoms. The molecule has 0 rings (SSSR count). The minimum atomic E-state index is -0.524. The molecule has 0 radical (unpaired) electrons. The largest absolute Gasteiger partial charge is 1.00 e. The van der Waals surface area contributed by atoms with E-state index < -0.39 is 7.26 Å². The van der Waals surface area contributed by atoms with E-state index in [0.29, 0.717) is 0 Å². The quantitative estimate of drug-likeness (QED) is 0.0426. The number of hydrogen-bond donors (Lipinski definition) is 0. The lowest BCUT2D eigenvalue weighted by atomic mass is 10.0. The van der Waals surface area contributed by atoms with Gasteiger partial charge in [-0.1, -0.05) is 289 Å². The van der Waals surface area contributed by atoms with E-state index in [4.69, 9.17) is 0 Å². The Morgan fingerprint density at radius 3 is 0.415 bits per heavy atom. The second-order valence-electron chi connectivity index (χ2n) is 18.9. The highest BCUT2D eigenvalue weighted by Crippen LogP contribution is 2.47. The summed E-state index contributed by atoms with van der Waals surface area (Å²) >= 11 is 0. The second kappa shape index (κ2) is 48.9. The molecule has 0 N–H and O–H groups in total. The fraction of sp³-hybridized carbons (Fsp3) is 1.00. The van der Waals surface area contributed by atoms with Crippen LogP contribution in [0.1, 0.15) is 302 Å². The van der Waals surface area contributed by atoms with Crippen LogP contribution in [0.4, 0.5) is 0 Å². The molecule has 0 aliphatic heterocycles. The summed E-state index contributed by atoms with van der Waals surface area (Å²) in [4.78, 5) is 0. The highest BCUT2D eigenvalue weighted by molar-refractivity contribution is 7.73. The van der Waals surface area contributed by atoms with Gasteiger partial charge in [-0.15, -0.1) is 0 Å². The van der Waals surface area contributed by atoms with Crippen LogP contribution in [-0.2, 0) is 0 Å². The summed E-state index contributed by atoms with van der Waals surface area (Å²) in [7, 11) is -0.524. The molecule has 0 amide bonds. The number of halogens is 1. The lowest BCUT2D eigenvalue weighted by molar-refractivity contribution is -0.0000118. The van der Waals surface area contributed by atoms with Gasteiger partial charge in [0.25, 0.3) is 0 Å². The minimum Gasteiger partial charge on any atom is -1.00 e. The Hall–Kier alpha value is 0.720. The Labute approximate surface area is 346 Å². The SMILES string of the molecule is CCCCCCCCCCCCCCCCCCCCCCCCCCCCCCCCCCCCCCCCCCCCCCCC[P+](C)(C)C.[Cl-]. The second-order valence-corrected chi connectivity index (χ2v) is 24.0. The van der Waals surface area contributed by atoms with Crippen molar-refractivity contribution in [3.8, 4) is 0 Å². The molecule has 0 unspecified atom stereocenters. The van der Waals surface area contributed by atoms with E-state index in [1.54, 1.807) is 0 Å². The van der Waals surface area contributed by atoms with Crippen LogP contribution in [0.2, 0.25) is 0 Å². The van der Waals surface area contributed by atoms with Crippen molar-refractivity contribution in [1.29, 1.82) is 0 Å². The van der Waals surface area contributed by atoms with E-state index in [2.05, 4.69) is 26.9 Å². The van der Waals surface area contributed by atoms with Gasteiger partial charge in [0.1, 0.15) is 0 Å². The summed E-state index contributed by atoms with van der Waals surface area (Å²) in [5, 5.41) is 0. The molecule has 322 valence electrons. The van der Waals surface area contributed by atoms with E-state index in [0.717, 1.165) is 0 Å². The molecule has 0 aromatic rings. The molecule has 0 saturated heterocycles. The number of rotatable bonds is 47. The molecule has 0 aliphatic carbocycles. The molecule has 0 bridgehead atoms. The monoisotopic (exact) mass is 785 g/mol. The Morgan fingerprint density at radius 1 is 0.189 bits per heavy atom. The van der Waals surface area contributed by atoms with Gasteiger partial charge in [0.15, 0.2) is 0 Å². The summed E-state index contributed by atoms with van der Waals surface area (Å²) in [6, 6.07) is 0. The Balaban J connectivity index is 0. The number of hydrogen-bond acceptors (Lipinski definition) is 0. The zero-order valence-electron chi connectivity index (χ0n) is 38.1. The maximum Gasteiger partial charge on any atom is 0.0586 e. The van der Waals surface area contributed by atoms with Crippen LogP contribution in [0, 0.1) is 0 Å². The standard InChI is InChI=1S/C51H106P.ClH/c1-5-6-7-8-9-10-11-12-13-14-15-16-17-18-19-20-21-22-23-24-25-26-27-28-29-30-31-32-33-34-35-36-37-38-39-40-41-42-43-44-45-46-47-48-49-50-51-52(2,3)4;/h5-51H2,1-4H3;1H/q+1;/p-1. The maximum atomic E-state index is 2.49. The third kappa shape index (κ3) is 54.9. The Bertz CT molecular complexity index is 612. The van der Waals surface area contributed by atoms with Crippen molar-refractivity contribution in [3.63, 3.8) is 0 Å². The van der Waals surface area contributed by atoms with Gasteiger partial charge in [-0.25, -0.2) is 0 Å². The molecular weight excluding hydrogens is 679 g/mol. The summed E-state index contributed by atoms with van der Waals surface area (Å²) in [5.41, 5.74) is 0.